The Morgan fingerprint density at radius 3 is 2.65 bits per heavy atom. The molecule has 5 nitrogen and oxygen atoms in total. The van der Waals surface area contributed by atoms with Gasteiger partial charge in [0.1, 0.15) is 0 Å². The van der Waals surface area contributed by atoms with Crippen LogP contribution < -0.4 is 10.1 Å². The lowest BCUT2D eigenvalue weighted by Gasteiger charge is -2.25. The molecule has 0 fully saturated rings. The van der Waals surface area contributed by atoms with Crippen LogP contribution in [0.4, 0.5) is 9.18 Å². The van der Waals surface area contributed by atoms with Crippen LogP contribution in [0.1, 0.15) is 25.5 Å². The highest BCUT2D eigenvalue weighted by atomic mass is 19.1. The lowest BCUT2D eigenvalue weighted by Crippen LogP contribution is -2.44. The van der Waals surface area contributed by atoms with E-state index in [1.54, 1.807) is 27.0 Å². The number of aliphatic hydroxyl groups is 1. The van der Waals surface area contributed by atoms with Crippen LogP contribution in [0.3, 0.4) is 0 Å². The largest absolute Gasteiger partial charge is 0.494 e. The van der Waals surface area contributed by atoms with Gasteiger partial charge >= 0.3 is 6.03 Å². The first kappa shape index (κ1) is 16.2. The number of rotatable bonds is 5. The number of benzene rings is 1. The highest BCUT2D eigenvalue weighted by molar-refractivity contribution is 5.74. The van der Waals surface area contributed by atoms with Crippen molar-refractivity contribution in [2.45, 2.75) is 25.9 Å². The molecule has 0 aromatic heterocycles. The fraction of sp³-hybridized carbons (Fsp3) is 0.500. The molecule has 1 aromatic carbocycles. The molecule has 0 aliphatic rings. The smallest absolute Gasteiger partial charge is 0.317 e. The van der Waals surface area contributed by atoms with E-state index in [-0.39, 0.29) is 30.5 Å². The summed E-state index contributed by atoms with van der Waals surface area (Å²) in [4.78, 5) is 13.3. The number of carbonyl (C=O) groups excluding carboxylic acids is 1. The normalized spacial score (nSPS) is 13.5. The summed E-state index contributed by atoms with van der Waals surface area (Å²) >= 11 is 0. The molecule has 0 heterocycles. The van der Waals surface area contributed by atoms with Crippen molar-refractivity contribution in [2.24, 2.45) is 0 Å². The average Bonchev–Trinajstić information content (AvgIpc) is 2.45. The Hall–Kier alpha value is -1.82. The third-order valence-corrected chi connectivity index (χ3v) is 3.26. The maximum atomic E-state index is 13.6. The van der Waals surface area contributed by atoms with Crippen molar-refractivity contribution < 1.29 is 19.0 Å². The lowest BCUT2D eigenvalue weighted by atomic mass is 10.1. The molecule has 0 spiro atoms. The van der Waals surface area contributed by atoms with Gasteiger partial charge in [0.15, 0.2) is 11.6 Å². The molecule has 1 aromatic rings. The molecule has 6 heteroatoms. The second kappa shape index (κ2) is 7.09. The van der Waals surface area contributed by atoms with Crippen molar-refractivity contribution in [1.82, 2.24) is 10.2 Å². The Morgan fingerprint density at radius 2 is 2.15 bits per heavy atom. The minimum atomic E-state index is -0.469. The zero-order chi connectivity index (χ0) is 15.3. The van der Waals surface area contributed by atoms with Crippen LogP contribution in [0.15, 0.2) is 18.2 Å². The van der Waals surface area contributed by atoms with Gasteiger partial charge in [0.2, 0.25) is 0 Å². The number of carbonyl (C=O) groups is 1. The maximum Gasteiger partial charge on any atom is 0.317 e. The van der Waals surface area contributed by atoms with Crippen molar-refractivity contribution in [3.8, 4) is 5.75 Å². The van der Waals surface area contributed by atoms with Gasteiger partial charge in [0.25, 0.3) is 0 Å². The molecule has 0 aliphatic heterocycles. The van der Waals surface area contributed by atoms with Crippen molar-refractivity contribution >= 4 is 6.03 Å². The van der Waals surface area contributed by atoms with E-state index in [1.807, 2.05) is 0 Å². The molecule has 2 N–H and O–H groups in total. The van der Waals surface area contributed by atoms with Gasteiger partial charge in [0, 0.05) is 7.05 Å². The van der Waals surface area contributed by atoms with Gasteiger partial charge in [-0.2, -0.15) is 0 Å². The molecule has 0 saturated carbocycles. The van der Waals surface area contributed by atoms with Crippen molar-refractivity contribution in [2.75, 3.05) is 20.8 Å². The Labute approximate surface area is 118 Å². The molecular formula is C14H21FN2O3. The zero-order valence-corrected chi connectivity index (χ0v) is 12.2. The van der Waals surface area contributed by atoms with E-state index >= 15 is 0 Å². The number of likely N-dealkylation sites (N-methyl/N-ethyl adjacent to an activating group) is 1. The zero-order valence-electron chi connectivity index (χ0n) is 12.2. The highest BCUT2D eigenvalue weighted by Crippen LogP contribution is 2.21. The highest BCUT2D eigenvalue weighted by Gasteiger charge is 2.18. The molecule has 0 aliphatic carbocycles. The SMILES string of the molecule is COc1ccc(C(C)NC(=O)N(C)C(C)CO)cc1F. The Kier molecular flexibility index (Phi) is 5.76. The summed E-state index contributed by atoms with van der Waals surface area (Å²) in [6, 6.07) is 3.59. The quantitative estimate of drug-likeness (QED) is 0.868. The summed E-state index contributed by atoms with van der Waals surface area (Å²) < 4.78 is 18.5. The standard InChI is InChI=1S/C14H21FN2O3/c1-9(8-18)17(3)14(19)16-10(2)11-5-6-13(20-4)12(15)7-11/h5-7,9-10,18H,8H2,1-4H3,(H,16,19). The Balaban J connectivity index is 2.73. The van der Waals surface area contributed by atoms with E-state index in [2.05, 4.69) is 5.32 Å². The van der Waals surface area contributed by atoms with E-state index in [0.717, 1.165) is 0 Å². The Morgan fingerprint density at radius 1 is 1.50 bits per heavy atom. The first-order chi connectivity index (χ1) is 9.40. The number of halogens is 1. The van der Waals surface area contributed by atoms with Crippen LogP contribution in [0.25, 0.3) is 0 Å². The van der Waals surface area contributed by atoms with Gasteiger partial charge in [0.05, 0.1) is 25.8 Å². The number of urea groups is 1. The number of hydrogen-bond donors (Lipinski definition) is 2. The van der Waals surface area contributed by atoms with Gasteiger partial charge in [-0.25, -0.2) is 9.18 Å². The summed E-state index contributed by atoms with van der Waals surface area (Å²) in [5, 5.41) is 11.8. The van der Waals surface area contributed by atoms with Gasteiger partial charge in [-0.15, -0.1) is 0 Å². The number of nitrogens with one attached hydrogen (secondary N) is 1. The molecule has 2 amide bonds. The number of amides is 2. The first-order valence-electron chi connectivity index (χ1n) is 6.38. The molecule has 2 atom stereocenters. The fourth-order valence-corrected chi connectivity index (χ4v) is 1.64. The summed E-state index contributed by atoms with van der Waals surface area (Å²) in [5.74, 6) is -0.304. The number of nitrogens with zero attached hydrogens (tertiary/aromatic N) is 1. The summed E-state index contributed by atoms with van der Waals surface area (Å²) in [5.41, 5.74) is 0.640. The molecular weight excluding hydrogens is 263 g/mol. The van der Waals surface area contributed by atoms with Gasteiger partial charge in [-0.05, 0) is 31.5 Å². The maximum absolute atomic E-state index is 13.6. The number of hydrogen-bond acceptors (Lipinski definition) is 3. The van der Waals surface area contributed by atoms with E-state index in [1.165, 1.54) is 24.1 Å². The molecule has 112 valence electrons. The average molecular weight is 284 g/mol. The fourth-order valence-electron chi connectivity index (χ4n) is 1.64. The van der Waals surface area contributed by atoms with Gasteiger partial charge in [-0.3, -0.25) is 0 Å². The van der Waals surface area contributed by atoms with Crippen LogP contribution in [-0.4, -0.2) is 42.8 Å². The predicted molar refractivity (Wildman–Crippen MR) is 74.2 cm³/mol. The van der Waals surface area contributed by atoms with E-state index in [0.29, 0.717) is 5.56 Å². The molecule has 20 heavy (non-hydrogen) atoms. The second-order valence-electron chi connectivity index (χ2n) is 4.71. The molecule has 1 rings (SSSR count). The first-order valence-corrected chi connectivity index (χ1v) is 6.38. The van der Waals surface area contributed by atoms with Crippen molar-refractivity contribution in [1.29, 1.82) is 0 Å². The monoisotopic (exact) mass is 284 g/mol. The summed E-state index contributed by atoms with van der Waals surface area (Å²) in [6.07, 6.45) is 0. The third kappa shape index (κ3) is 3.84. The lowest BCUT2D eigenvalue weighted by molar-refractivity contribution is 0.155. The Bertz CT molecular complexity index is 468. The third-order valence-electron chi connectivity index (χ3n) is 3.26. The van der Waals surface area contributed by atoms with E-state index in [4.69, 9.17) is 9.84 Å². The predicted octanol–water partition coefficient (Wildman–Crippen LogP) is 1.92. The number of ether oxygens (including phenoxy) is 1. The van der Waals surface area contributed by atoms with Crippen LogP contribution in [0.2, 0.25) is 0 Å². The second-order valence-corrected chi connectivity index (χ2v) is 4.71. The van der Waals surface area contributed by atoms with Crippen molar-refractivity contribution in [3.05, 3.63) is 29.6 Å². The van der Waals surface area contributed by atoms with E-state index < -0.39 is 5.82 Å². The van der Waals surface area contributed by atoms with Crippen LogP contribution in [0, 0.1) is 5.82 Å². The van der Waals surface area contributed by atoms with Crippen LogP contribution in [0.5, 0.6) is 5.75 Å². The minimum Gasteiger partial charge on any atom is -0.494 e. The minimum absolute atomic E-state index is 0.116. The number of aliphatic hydroxyl groups excluding tert-OH is 1. The molecule has 2 unspecified atom stereocenters. The van der Waals surface area contributed by atoms with Gasteiger partial charge in [-0.1, -0.05) is 6.07 Å². The molecule has 0 bridgehead atoms. The van der Waals surface area contributed by atoms with Gasteiger partial charge < -0.3 is 20.1 Å². The van der Waals surface area contributed by atoms with E-state index in [9.17, 15) is 9.18 Å². The number of methoxy groups -OCH3 is 1. The molecule has 0 radical (unpaired) electrons. The molecule has 0 saturated heterocycles. The van der Waals surface area contributed by atoms with Crippen LogP contribution >= 0.6 is 0 Å². The topological polar surface area (TPSA) is 61.8 Å². The summed E-state index contributed by atoms with van der Waals surface area (Å²) in [7, 11) is 2.99. The summed E-state index contributed by atoms with van der Waals surface area (Å²) in [6.45, 7) is 3.38. The van der Waals surface area contributed by atoms with Crippen molar-refractivity contribution in [3.63, 3.8) is 0 Å². The van der Waals surface area contributed by atoms with Crippen LogP contribution in [-0.2, 0) is 0 Å².